The third-order valence-electron chi connectivity index (χ3n) is 4.38. The maximum Gasteiger partial charge on any atom is 0.243 e. The Kier molecular flexibility index (Phi) is 5.95. The first kappa shape index (κ1) is 20.2. The van der Waals surface area contributed by atoms with E-state index in [2.05, 4.69) is 15.3 Å². The molecule has 0 spiro atoms. The van der Waals surface area contributed by atoms with Crippen molar-refractivity contribution in [2.75, 3.05) is 18.4 Å². The van der Waals surface area contributed by atoms with Crippen LogP contribution in [-0.4, -0.2) is 47.8 Å². The van der Waals surface area contributed by atoms with E-state index in [1.54, 1.807) is 25.1 Å². The zero-order valence-electron chi connectivity index (χ0n) is 16.2. The Balaban J connectivity index is 1.72. The highest BCUT2D eigenvalue weighted by molar-refractivity contribution is 7.89. The lowest BCUT2D eigenvalue weighted by atomic mass is 10.1. The van der Waals surface area contributed by atoms with Crippen molar-refractivity contribution in [3.8, 4) is 5.88 Å². The number of piperidine rings is 1. The summed E-state index contributed by atoms with van der Waals surface area (Å²) in [5.41, 5.74) is 1.36. The number of sulfonamides is 1. The number of hydrogen-bond donors (Lipinski definition) is 1. The number of amides is 1. The summed E-state index contributed by atoms with van der Waals surface area (Å²) < 4.78 is 33.3. The lowest BCUT2D eigenvalue weighted by Gasteiger charge is -2.31. The first-order chi connectivity index (χ1) is 13.2. The summed E-state index contributed by atoms with van der Waals surface area (Å²) in [5.74, 6) is 0.880. The minimum Gasteiger partial charge on any atom is -0.473 e. The highest BCUT2D eigenvalue weighted by atomic mass is 32.2. The summed E-state index contributed by atoms with van der Waals surface area (Å²) in [4.78, 5) is 19.8. The molecule has 1 saturated heterocycles. The molecule has 0 aliphatic carbocycles. The Morgan fingerprint density at radius 2 is 1.93 bits per heavy atom. The van der Waals surface area contributed by atoms with E-state index in [9.17, 15) is 13.2 Å². The zero-order valence-corrected chi connectivity index (χ0v) is 17.0. The molecule has 2 aromatic rings. The van der Waals surface area contributed by atoms with Gasteiger partial charge in [0.05, 0.1) is 11.4 Å². The molecule has 1 fully saturated rings. The van der Waals surface area contributed by atoms with Gasteiger partial charge < -0.3 is 10.1 Å². The van der Waals surface area contributed by atoms with Crippen molar-refractivity contribution in [1.29, 1.82) is 0 Å². The lowest BCUT2D eigenvalue weighted by molar-refractivity contribution is -0.114. The van der Waals surface area contributed by atoms with Crippen LogP contribution in [0.4, 0.5) is 5.69 Å². The van der Waals surface area contributed by atoms with E-state index in [-0.39, 0.29) is 23.5 Å². The van der Waals surface area contributed by atoms with Gasteiger partial charge in [-0.1, -0.05) is 0 Å². The number of anilines is 1. The standard InChI is InChI=1S/C19H24N4O4S/c1-13-11-19(21-14(2)20-13)27-17-5-4-10-23(12-17)28(25,26)18-8-6-16(7-9-18)22-15(3)24/h6-9,11,17H,4-5,10,12H2,1-3H3,(H,22,24). The van der Waals surface area contributed by atoms with Crippen LogP contribution >= 0.6 is 0 Å². The molecule has 1 aliphatic rings. The molecule has 0 saturated carbocycles. The van der Waals surface area contributed by atoms with Crippen LogP contribution in [0.5, 0.6) is 5.88 Å². The summed E-state index contributed by atoms with van der Waals surface area (Å²) in [5, 5.41) is 2.63. The summed E-state index contributed by atoms with van der Waals surface area (Å²) in [6, 6.07) is 7.92. The summed E-state index contributed by atoms with van der Waals surface area (Å²) in [6.45, 7) is 5.76. The van der Waals surface area contributed by atoms with Gasteiger partial charge in [-0.25, -0.2) is 13.4 Å². The highest BCUT2D eigenvalue weighted by Gasteiger charge is 2.31. The maximum absolute atomic E-state index is 13.0. The SMILES string of the molecule is CC(=O)Nc1ccc(S(=O)(=O)N2CCCC(Oc3cc(C)nc(C)n3)C2)cc1. The summed E-state index contributed by atoms with van der Waals surface area (Å²) >= 11 is 0. The van der Waals surface area contributed by atoms with Crippen molar-refractivity contribution in [2.45, 2.75) is 44.6 Å². The number of nitrogens with zero attached hydrogens (tertiary/aromatic N) is 3. The third-order valence-corrected chi connectivity index (χ3v) is 6.26. The molecule has 150 valence electrons. The zero-order chi connectivity index (χ0) is 20.3. The largest absolute Gasteiger partial charge is 0.473 e. The molecule has 1 atom stereocenters. The Labute approximate surface area is 165 Å². The van der Waals surface area contributed by atoms with Gasteiger partial charge in [-0.15, -0.1) is 0 Å². The van der Waals surface area contributed by atoms with Gasteiger partial charge in [-0.05, 0) is 51.0 Å². The van der Waals surface area contributed by atoms with Gasteiger partial charge in [-0.3, -0.25) is 4.79 Å². The quantitative estimate of drug-likeness (QED) is 0.820. The highest BCUT2D eigenvalue weighted by Crippen LogP contribution is 2.24. The van der Waals surface area contributed by atoms with Crippen molar-refractivity contribution in [3.05, 3.63) is 41.9 Å². The molecule has 28 heavy (non-hydrogen) atoms. The second kappa shape index (κ2) is 8.24. The topological polar surface area (TPSA) is 101 Å². The molecule has 1 unspecified atom stereocenters. The molecule has 3 rings (SSSR count). The van der Waals surface area contributed by atoms with E-state index in [1.165, 1.54) is 23.4 Å². The molecule has 9 heteroatoms. The van der Waals surface area contributed by atoms with Crippen molar-refractivity contribution < 1.29 is 17.9 Å². The predicted molar refractivity (Wildman–Crippen MR) is 105 cm³/mol. The fraction of sp³-hybridized carbons (Fsp3) is 0.421. The second-order valence-corrected chi connectivity index (χ2v) is 8.78. The third kappa shape index (κ3) is 4.85. The van der Waals surface area contributed by atoms with Crippen LogP contribution in [0.25, 0.3) is 0 Å². The van der Waals surface area contributed by atoms with E-state index < -0.39 is 10.0 Å². The average molecular weight is 404 g/mol. The molecule has 1 N–H and O–H groups in total. The molecule has 1 aromatic carbocycles. The van der Waals surface area contributed by atoms with Crippen LogP contribution < -0.4 is 10.1 Å². The second-order valence-electron chi connectivity index (χ2n) is 6.85. The van der Waals surface area contributed by atoms with E-state index in [4.69, 9.17) is 4.74 Å². The van der Waals surface area contributed by atoms with Crippen molar-refractivity contribution >= 4 is 21.6 Å². The van der Waals surface area contributed by atoms with E-state index >= 15 is 0 Å². The van der Waals surface area contributed by atoms with Crippen LogP contribution in [0.15, 0.2) is 35.2 Å². The first-order valence-corrected chi connectivity index (χ1v) is 10.5. The first-order valence-electron chi connectivity index (χ1n) is 9.11. The van der Waals surface area contributed by atoms with Crippen LogP contribution in [0.3, 0.4) is 0 Å². The van der Waals surface area contributed by atoms with Gasteiger partial charge in [-0.2, -0.15) is 9.29 Å². The Bertz CT molecular complexity index is 940. The average Bonchev–Trinajstić information content (AvgIpc) is 2.61. The maximum atomic E-state index is 13.0. The number of hydrogen-bond acceptors (Lipinski definition) is 6. The van der Waals surface area contributed by atoms with Gasteiger partial charge in [0.25, 0.3) is 0 Å². The van der Waals surface area contributed by atoms with Crippen LogP contribution in [0, 0.1) is 13.8 Å². The molecule has 1 amide bonds. The number of benzene rings is 1. The number of aromatic nitrogens is 2. The number of carbonyl (C=O) groups excluding carboxylic acids is 1. The van der Waals surface area contributed by atoms with Crippen molar-refractivity contribution in [2.24, 2.45) is 0 Å². The fourth-order valence-corrected chi connectivity index (χ4v) is 4.71. The Hall–Kier alpha value is -2.52. The van der Waals surface area contributed by atoms with Gasteiger partial charge >= 0.3 is 0 Å². The smallest absolute Gasteiger partial charge is 0.243 e. The normalized spacial score (nSPS) is 17.9. The van der Waals surface area contributed by atoms with E-state index in [0.717, 1.165) is 12.1 Å². The number of rotatable bonds is 5. The minimum atomic E-state index is -3.64. The van der Waals surface area contributed by atoms with Gasteiger partial charge in [0.15, 0.2) is 0 Å². The predicted octanol–water partition coefficient (Wildman–Crippen LogP) is 2.28. The molecule has 1 aliphatic heterocycles. The Morgan fingerprint density at radius 1 is 1.21 bits per heavy atom. The van der Waals surface area contributed by atoms with Crippen LogP contribution in [0.1, 0.15) is 31.3 Å². The molecular weight excluding hydrogens is 380 g/mol. The van der Waals surface area contributed by atoms with Gasteiger partial charge in [0.2, 0.25) is 21.8 Å². The number of carbonyl (C=O) groups is 1. The monoisotopic (exact) mass is 404 g/mol. The van der Waals surface area contributed by atoms with E-state index in [1.807, 2.05) is 6.92 Å². The fourth-order valence-electron chi connectivity index (χ4n) is 3.20. The molecule has 2 heterocycles. The van der Waals surface area contributed by atoms with Crippen LogP contribution in [0.2, 0.25) is 0 Å². The lowest BCUT2D eigenvalue weighted by Crippen LogP contribution is -2.44. The number of aryl methyl sites for hydroxylation is 2. The van der Waals surface area contributed by atoms with E-state index in [0.29, 0.717) is 30.4 Å². The van der Waals surface area contributed by atoms with Crippen molar-refractivity contribution in [1.82, 2.24) is 14.3 Å². The molecular formula is C19H24N4O4S. The Morgan fingerprint density at radius 3 is 2.57 bits per heavy atom. The molecule has 0 radical (unpaired) electrons. The van der Waals surface area contributed by atoms with Gasteiger partial charge in [0, 0.05) is 30.9 Å². The minimum absolute atomic E-state index is 0.191. The number of nitrogens with one attached hydrogen (secondary N) is 1. The molecule has 8 nitrogen and oxygen atoms in total. The number of ether oxygens (including phenoxy) is 1. The van der Waals surface area contributed by atoms with Crippen LogP contribution in [-0.2, 0) is 14.8 Å². The van der Waals surface area contributed by atoms with Gasteiger partial charge in [0.1, 0.15) is 11.9 Å². The molecule has 1 aromatic heterocycles. The van der Waals surface area contributed by atoms with Crippen molar-refractivity contribution in [3.63, 3.8) is 0 Å². The summed E-state index contributed by atoms with van der Waals surface area (Å²) in [6.07, 6.45) is 1.20. The summed E-state index contributed by atoms with van der Waals surface area (Å²) in [7, 11) is -3.64. The molecule has 0 bridgehead atoms.